The van der Waals surface area contributed by atoms with Crippen LogP contribution in [0.3, 0.4) is 0 Å². The van der Waals surface area contributed by atoms with Crippen molar-refractivity contribution in [2.75, 3.05) is 5.32 Å². The summed E-state index contributed by atoms with van der Waals surface area (Å²) in [5.74, 6) is 0.259. The van der Waals surface area contributed by atoms with Crippen molar-refractivity contribution in [1.29, 1.82) is 0 Å². The Bertz CT molecular complexity index is 1320. The SMILES string of the molecule is CC(=O)Nc1ccc2c(c1)c(=O)oc1cc(Oc3ccc(C(F)(F)F)cc3)ccc12. The quantitative estimate of drug-likeness (QED) is 0.345. The molecule has 0 bridgehead atoms. The number of nitrogens with one attached hydrogen (secondary N) is 1. The molecule has 1 heterocycles. The highest BCUT2D eigenvalue weighted by Crippen LogP contribution is 2.33. The monoisotopic (exact) mass is 413 g/mol. The first-order valence-electron chi connectivity index (χ1n) is 8.84. The van der Waals surface area contributed by atoms with E-state index in [2.05, 4.69) is 5.32 Å². The Morgan fingerprint density at radius 1 is 0.900 bits per heavy atom. The molecule has 0 unspecified atom stereocenters. The van der Waals surface area contributed by atoms with E-state index in [0.717, 1.165) is 12.1 Å². The lowest BCUT2D eigenvalue weighted by Crippen LogP contribution is -2.07. The molecule has 0 spiro atoms. The van der Waals surface area contributed by atoms with Gasteiger partial charge < -0.3 is 14.5 Å². The lowest BCUT2D eigenvalue weighted by molar-refractivity contribution is -0.137. The molecule has 0 aliphatic rings. The second-order valence-corrected chi connectivity index (χ2v) is 6.61. The minimum Gasteiger partial charge on any atom is -0.457 e. The van der Waals surface area contributed by atoms with Gasteiger partial charge >= 0.3 is 11.8 Å². The minimum absolute atomic E-state index is 0.213. The number of benzene rings is 3. The van der Waals surface area contributed by atoms with Crippen molar-refractivity contribution in [3.8, 4) is 11.5 Å². The number of ether oxygens (including phenoxy) is 1. The van der Waals surface area contributed by atoms with Gasteiger partial charge in [0.1, 0.15) is 17.1 Å². The molecule has 0 radical (unpaired) electrons. The molecule has 0 saturated heterocycles. The predicted octanol–water partition coefficient (Wildman–Crippen LogP) is 5.72. The normalized spacial score (nSPS) is 11.6. The molecule has 30 heavy (non-hydrogen) atoms. The number of anilines is 1. The van der Waals surface area contributed by atoms with Gasteiger partial charge in [-0.2, -0.15) is 13.2 Å². The lowest BCUT2D eigenvalue weighted by atomic mass is 10.1. The standard InChI is InChI=1S/C22H14F3NO4/c1-12(27)26-14-4-8-17-18-9-7-16(11-20(18)30-21(28)19(17)10-14)29-15-5-2-13(3-6-15)22(23,24)25/h2-11H,1H3,(H,26,27). The molecule has 1 aromatic heterocycles. The summed E-state index contributed by atoms with van der Waals surface area (Å²) in [6, 6.07) is 14.0. The number of halogens is 3. The van der Waals surface area contributed by atoms with Crippen LogP contribution in [0.5, 0.6) is 11.5 Å². The number of hydrogen-bond donors (Lipinski definition) is 1. The number of carbonyl (C=O) groups is 1. The molecule has 152 valence electrons. The number of hydrogen-bond acceptors (Lipinski definition) is 4. The summed E-state index contributed by atoms with van der Waals surface area (Å²) in [4.78, 5) is 23.6. The van der Waals surface area contributed by atoms with E-state index in [9.17, 15) is 22.8 Å². The summed E-state index contributed by atoms with van der Waals surface area (Å²) in [5.41, 5.74) is -0.617. The number of carbonyl (C=O) groups excluding carboxylic acids is 1. The summed E-state index contributed by atoms with van der Waals surface area (Å²) in [6.07, 6.45) is -4.42. The van der Waals surface area contributed by atoms with Crippen LogP contribution < -0.4 is 15.7 Å². The smallest absolute Gasteiger partial charge is 0.416 e. The van der Waals surface area contributed by atoms with Gasteiger partial charge in [0.2, 0.25) is 5.91 Å². The van der Waals surface area contributed by atoms with Gasteiger partial charge in [-0.3, -0.25) is 4.79 Å². The first-order chi connectivity index (χ1) is 14.2. The maximum Gasteiger partial charge on any atom is 0.416 e. The van der Waals surface area contributed by atoms with Crippen LogP contribution in [0.4, 0.5) is 18.9 Å². The molecule has 1 amide bonds. The molecule has 1 N–H and O–H groups in total. The van der Waals surface area contributed by atoms with E-state index in [-0.39, 0.29) is 17.2 Å². The van der Waals surface area contributed by atoms with Crippen LogP contribution in [0.15, 0.2) is 69.9 Å². The van der Waals surface area contributed by atoms with Crippen LogP contribution in [-0.4, -0.2) is 5.91 Å². The van der Waals surface area contributed by atoms with Gasteiger partial charge in [-0.25, -0.2) is 4.79 Å². The zero-order chi connectivity index (χ0) is 21.5. The number of rotatable bonds is 3. The third kappa shape index (κ3) is 3.84. The molecule has 0 fully saturated rings. The molecule has 0 aliphatic heterocycles. The van der Waals surface area contributed by atoms with E-state index in [4.69, 9.17) is 9.15 Å². The van der Waals surface area contributed by atoms with Gasteiger partial charge in [-0.1, -0.05) is 6.07 Å². The maximum absolute atomic E-state index is 12.7. The van der Waals surface area contributed by atoms with Crippen molar-refractivity contribution in [3.63, 3.8) is 0 Å². The summed E-state index contributed by atoms with van der Waals surface area (Å²) >= 11 is 0. The van der Waals surface area contributed by atoms with Crippen LogP contribution in [-0.2, 0) is 11.0 Å². The first kappa shape index (κ1) is 19.5. The zero-order valence-electron chi connectivity index (χ0n) is 15.5. The highest BCUT2D eigenvalue weighted by atomic mass is 19.4. The Balaban J connectivity index is 1.70. The van der Waals surface area contributed by atoms with Gasteiger partial charge in [-0.05, 0) is 48.5 Å². The topological polar surface area (TPSA) is 68.5 Å². The molecule has 0 aliphatic carbocycles. The van der Waals surface area contributed by atoms with Crippen molar-refractivity contribution < 1.29 is 27.1 Å². The van der Waals surface area contributed by atoms with Crippen molar-refractivity contribution in [1.82, 2.24) is 0 Å². The fraction of sp³-hybridized carbons (Fsp3) is 0.0909. The van der Waals surface area contributed by atoms with Gasteiger partial charge in [-0.15, -0.1) is 0 Å². The third-order valence-electron chi connectivity index (χ3n) is 4.42. The number of fused-ring (bicyclic) bond motifs is 3. The van der Waals surface area contributed by atoms with Crippen LogP contribution in [0.1, 0.15) is 12.5 Å². The molecule has 3 aromatic carbocycles. The Kier molecular flexibility index (Phi) is 4.69. The fourth-order valence-electron chi connectivity index (χ4n) is 3.11. The summed E-state index contributed by atoms with van der Waals surface area (Å²) in [5, 5.41) is 4.21. The van der Waals surface area contributed by atoms with E-state index in [1.54, 1.807) is 24.3 Å². The van der Waals surface area contributed by atoms with Crippen LogP contribution in [0.2, 0.25) is 0 Å². The van der Waals surface area contributed by atoms with Gasteiger partial charge in [0.25, 0.3) is 0 Å². The van der Waals surface area contributed by atoms with Gasteiger partial charge in [0.15, 0.2) is 0 Å². The number of alkyl halides is 3. The first-order valence-corrected chi connectivity index (χ1v) is 8.84. The molecule has 5 nitrogen and oxygen atoms in total. The molecule has 4 rings (SSSR count). The van der Waals surface area contributed by atoms with Crippen molar-refractivity contribution in [2.45, 2.75) is 13.1 Å². The van der Waals surface area contributed by atoms with E-state index in [1.165, 1.54) is 31.2 Å². The van der Waals surface area contributed by atoms with E-state index in [0.29, 0.717) is 27.6 Å². The van der Waals surface area contributed by atoms with Crippen LogP contribution >= 0.6 is 0 Å². The Labute approximate surface area is 167 Å². The second-order valence-electron chi connectivity index (χ2n) is 6.61. The maximum atomic E-state index is 12.7. The highest BCUT2D eigenvalue weighted by molar-refractivity contribution is 6.06. The summed E-state index contributed by atoms with van der Waals surface area (Å²) in [6.45, 7) is 1.37. The molecule has 4 aromatic rings. The molecule has 0 atom stereocenters. The average Bonchev–Trinajstić information content (AvgIpc) is 2.67. The largest absolute Gasteiger partial charge is 0.457 e. The Hall–Kier alpha value is -3.81. The fourth-order valence-corrected chi connectivity index (χ4v) is 3.11. The number of amides is 1. The Morgan fingerprint density at radius 2 is 1.57 bits per heavy atom. The predicted molar refractivity (Wildman–Crippen MR) is 106 cm³/mol. The summed E-state index contributed by atoms with van der Waals surface area (Å²) < 4.78 is 49.0. The van der Waals surface area contributed by atoms with Gasteiger partial charge in [0, 0.05) is 29.4 Å². The average molecular weight is 413 g/mol. The van der Waals surface area contributed by atoms with Crippen molar-refractivity contribution in [2.24, 2.45) is 0 Å². The van der Waals surface area contributed by atoms with Crippen LogP contribution in [0, 0.1) is 0 Å². The third-order valence-corrected chi connectivity index (χ3v) is 4.42. The molecule has 0 saturated carbocycles. The Morgan fingerprint density at radius 3 is 2.23 bits per heavy atom. The molecular formula is C22H14F3NO4. The van der Waals surface area contributed by atoms with Crippen molar-refractivity contribution >= 4 is 33.3 Å². The van der Waals surface area contributed by atoms with E-state index < -0.39 is 17.4 Å². The molecule has 8 heteroatoms. The highest BCUT2D eigenvalue weighted by Gasteiger charge is 2.30. The van der Waals surface area contributed by atoms with Crippen molar-refractivity contribution in [3.05, 3.63) is 76.6 Å². The van der Waals surface area contributed by atoms with E-state index >= 15 is 0 Å². The van der Waals surface area contributed by atoms with Gasteiger partial charge in [0.05, 0.1) is 10.9 Å². The van der Waals surface area contributed by atoms with E-state index in [1.807, 2.05) is 0 Å². The minimum atomic E-state index is -4.42. The molecular weight excluding hydrogens is 399 g/mol. The summed E-state index contributed by atoms with van der Waals surface area (Å²) in [7, 11) is 0. The second kappa shape index (κ2) is 7.22. The zero-order valence-corrected chi connectivity index (χ0v) is 15.5. The van der Waals surface area contributed by atoms with Crippen LogP contribution in [0.25, 0.3) is 21.7 Å². The lowest BCUT2D eigenvalue weighted by Gasteiger charge is -2.10.